The Labute approximate surface area is 395 Å². The molecule has 0 rings (SSSR count). The lowest BCUT2D eigenvalue weighted by Gasteiger charge is -2.18. The van der Waals surface area contributed by atoms with E-state index in [9.17, 15) is 14.4 Å². The Balaban J connectivity index is 4.40. The minimum absolute atomic E-state index is 0.0913. The summed E-state index contributed by atoms with van der Waals surface area (Å²) >= 11 is 0. The topological polar surface area (TPSA) is 78.9 Å². The summed E-state index contributed by atoms with van der Waals surface area (Å²) in [4.78, 5) is 38.0. The van der Waals surface area contributed by atoms with E-state index in [-0.39, 0.29) is 31.1 Å². The molecule has 0 spiro atoms. The Hall–Kier alpha value is -3.15. The van der Waals surface area contributed by atoms with Crippen molar-refractivity contribution in [3.05, 3.63) is 72.9 Å². The molecule has 64 heavy (non-hydrogen) atoms. The van der Waals surface area contributed by atoms with E-state index in [1.807, 2.05) is 30.4 Å². The summed E-state index contributed by atoms with van der Waals surface area (Å²) in [6.45, 7) is 6.44. The molecule has 0 aliphatic heterocycles. The second-order valence-electron chi connectivity index (χ2n) is 17.9. The molecule has 0 heterocycles. The van der Waals surface area contributed by atoms with E-state index < -0.39 is 6.10 Å². The number of carbonyl (C=O) groups excluding carboxylic acids is 3. The summed E-state index contributed by atoms with van der Waals surface area (Å²) in [5, 5.41) is 0. The van der Waals surface area contributed by atoms with E-state index in [2.05, 4.69) is 63.3 Å². The van der Waals surface area contributed by atoms with Gasteiger partial charge in [0.15, 0.2) is 6.10 Å². The quantitative estimate of drug-likeness (QED) is 0.0262. The Morgan fingerprint density at radius 2 is 0.609 bits per heavy atom. The number of esters is 3. The summed E-state index contributed by atoms with van der Waals surface area (Å²) in [6, 6.07) is 0. The Kier molecular flexibility index (Phi) is 49.9. The van der Waals surface area contributed by atoms with Crippen LogP contribution < -0.4 is 0 Å². The third-order valence-corrected chi connectivity index (χ3v) is 11.6. The van der Waals surface area contributed by atoms with Gasteiger partial charge in [-0.3, -0.25) is 14.4 Å². The van der Waals surface area contributed by atoms with Crippen molar-refractivity contribution >= 4 is 17.9 Å². The summed E-state index contributed by atoms with van der Waals surface area (Å²) in [6.07, 6.45) is 66.0. The van der Waals surface area contributed by atoms with Crippen LogP contribution in [0.2, 0.25) is 0 Å². The SMILES string of the molecule is CC\C=C/C=C\C=C/C=C\CCCCCC(=O)OCC(COC(=O)CCCCCCCCCCCCCCCCCCCC)OC(=O)CCCCCCCC/C=C\C=C/CCCCC. The molecule has 0 saturated heterocycles. The number of ether oxygens (including phenoxy) is 3. The van der Waals surface area contributed by atoms with Gasteiger partial charge in [0.25, 0.3) is 0 Å². The molecule has 0 radical (unpaired) electrons. The van der Waals surface area contributed by atoms with Crippen LogP contribution in [-0.2, 0) is 28.6 Å². The standard InChI is InChI=1S/C58H100O6/c1-4-7-10-13-16-19-22-25-27-28-29-31-33-36-39-42-45-48-51-57(60)63-54-55(53-62-56(59)50-47-44-41-38-35-32-24-21-18-15-12-9-6-3)64-58(61)52-49-46-43-40-37-34-30-26-23-20-17-14-11-8-5-2/h9,12,15,17-18,20-21,23-24,26,32,35,55H,4-8,10-11,13-14,16,19,22,25,27-31,33-34,36-54H2,1-3H3/b12-9-,18-15-,20-17-,24-21-,26-23-,35-32-. The smallest absolute Gasteiger partial charge is 0.306 e. The van der Waals surface area contributed by atoms with Crippen LogP contribution in [0.5, 0.6) is 0 Å². The van der Waals surface area contributed by atoms with Crippen molar-refractivity contribution in [1.82, 2.24) is 0 Å². The first-order valence-electron chi connectivity index (χ1n) is 27.0. The van der Waals surface area contributed by atoms with Gasteiger partial charge in [-0.25, -0.2) is 0 Å². The molecule has 6 nitrogen and oxygen atoms in total. The lowest BCUT2D eigenvalue weighted by Crippen LogP contribution is -2.30. The van der Waals surface area contributed by atoms with Crippen molar-refractivity contribution in [1.29, 1.82) is 0 Å². The predicted molar refractivity (Wildman–Crippen MR) is 274 cm³/mol. The van der Waals surface area contributed by atoms with Crippen molar-refractivity contribution in [2.45, 2.75) is 264 Å². The largest absolute Gasteiger partial charge is 0.462 e. The molecule has 0 aliphatic carbocycles. The molecule has 0 bridgehead atoms. The van der Waals surface area contributed by atoms with Crippen LogP contribution in [0, 0.1) is 0 Å². The van der Waals surface area contributed by atoms with Crippen molar-refractivity contribution < 1.29 is 28.6 Å². The van der Waals surface area contributed by atoms with Gasteiger partial charge >= 0.3 is 17.9 Å². The van der Waals surface area contributed by atoms with Crippen LogP contribution in [0.25, 0.3) is 0 Å². The highest BCUT2D eigenvalue weighted by molar-refractivity contribution is 5.71. The first kappa shape index (κ1) is 60.9. The maximum absolute atomic E-state index is 12.8. The highest BCUT2D eigenvalue weighted by atomic mass is 16.6. The fraction of sp³-hybridized carbons (Fsp3) is 0.741. The van der Waals surface area contributed by atoms with E-state index in [1.54, 1.807) is 0 Å². The fourth-order valence-electron chi connectivity index (χ4n) is 7.50. The van der Waals surface area contributed by atoms with Crippen molar-refractivity contribution in [3.8, 4) is 0 Å². The van der Waals surface area contributed by atoms with Crippen LogP contribution in [-0.4, -0.2) is 37.2 Å². The monoisotopic (exact) mass is 893 g/mol. The van der Waals surface area contributed by atoms with E-state index in [4.69, 9.17) is 14.2 Å². The van der Waals surface area contributed by atoms with Crippen molar-refractivity contribution in [2.24, 2.45) is 0 Å². The number of allylic oxidation sites excluding steroid dienone is 12. The third-order valence-electron chi connectivity index (χ3n) is 11.6. The number of unbranched alkanes of at least 4 members (excludes halogenated alkanes) is 29. The summed E-state index contributed by atoms with van der Waals surface area (Å²) in [5.41, 5.74) is 0. The minimum Gasteiger partial charge on any atom is -0.462 e. The lowest BCUT2D eigenvalue weighted by molar-refractivity contribution is -0.167. The average Bonchev–Trinajstić information content (AvgIpc) is 3.29. The normalized spacial score (nSPS) is 12.6. The summed E-state index contributed by atoms with van der Waals surface area (Å²) < 4.78 is 16.8. The molecule has 1 unspecified atom stereocenters. The highest BCUT2D eigenvalue weighted by Gasteiger charge is 2.19. The van der Waals surface area contributed by atoms with E-state index >= 15 is 0 Å². The van der Waals surface area contributed by atoms with Crippen LogP contribution in [0.4, 0.5) is 0 Å². The molecule has 6 heteroatoms. The number of hydrogen-bond donors (Lipinski definition) is 0. The molecule has 0 aromatic rings. The van der Waals surface area contributed by atoms with Crippen LogP contribution in [0.1, 0.15) is 258 Å². The van der Waals surface area contributed by atoms with Gasteiger partial charge in [0.05, 0.1) is 0 Å². The second kappa shape index (κ2) is 52.5. The van der Waals surface area contributed by atoms with Gasteiger partial charge in [-0.1, -0.05) is 248 Å². The zero-order valence-electron chi connectivity index (χ0n) is 42.0. The van der Waals surface area contributed by atoms with Crippen LogP contribution >= 0.6 is 0 Å². The molecule has 0 aromatic heterocycles. The van der Waals surface area contributed by atoms with Gasteiger partial charge in [-0.05, 0) is 64.2 Å². The van der Waals surface area contributed by atoms with Gasteiger partial charge in [0, 0.05) is 19.3 Å². The molecular formula is C58H100O6. The molecule has 0 aromatic carbocycles. The van der Waals surface area contributed by atoms with E-state index in [0.29, 0.717) is 19.3 Å². The number of hydrogen-bond acceptors (Lipinski definition) is 6. The Morgan fingerprint density at radius 3 is 1.02 bits per heavy atom. The van der Waals surface area contributed by atoms with E-state index in [0.717, 1.165) is 83.5 Å². The second-order valence-corrected chi connectivity index (χ2v) is 17.9. The molecule has 0 aliphatic rings. The van der Waals surface area contributed by atoms with Gasteiger partial charge in [0.2, 0.25) is 0 Å². The van der Waals surface area contributed by atoms with E-state index in [1.165, 1.54) is 135 Å². The van der Waals surface area contributed by atoms with Gasteiger partial charge < -0.3 is 14.2 Å². The maximum atomic E-state index is 12.8. The first-order chi connectivity index (χ1) is 31.5. The zero-order valence-corrected chi connectivity index (χ0v) is 42.0. The maximum Gasteiger partial charge on any atom is 0.306 e. The minimum atomic E-state index is -0.796. The molecule has 0 fully saturated rings. The molecule has 1 atom stereocenters. The number of carbonyl (C=O) groups is 3. The molecule has 0 N–H and O–H groups in total. The zero-order chi connectivity index (χ0) is 46.5. The summed E-state index contributed by atoms with van der Waals surface area (Å²) in [7, 11) is 0. The Morgan fingerprint density at radius 1 is 0.328 bits per heavy atom. The fourth-order valence-corrected chi connectivity index (χ4v) is 7.50. The van der Waals surface area contributed by atoms with Crippen molar-refractivity contribution in [3.63, 3.8) is 0 Å². The number of rotatable bonds is 48. The highest BCUT2D eigenvalue weighted by Crippen LogP contribution is 2.16. The molecule has 0 saturated carbocycles. The van der Waals surface area contributed by atoms with Gasteiger partial charge in [0.1, 0.15) is 13.2 Å². The van der Waals surface area contributed by atoms with Crippen molar-refractivity contribution in [2.75, 3.05) is 13.2 Å². The molecule has 368 valence electrons. The average molecular weight is 893 g/mol. The summed E-state index contributed by atoms with van der Waals surface area (Å²) in [5.74, 6) is -0.938. The molecular weight excluding hydrogens is 793 g/mol. The molecule has 0 amide bonds. The van der Waals surface area contributed by atoms with Crippen LogP contribution in [0.3, 0.4) is 0 Å². The first-order valence-corrected chi connectivity index (χ1v) is 27.0. The lowest BCUT2D eigenvalue weighted by atomic mass is 10.0. The van der Waals surface area contributed by atoms with Crippen LogP contribution in [0.15, 0.2) is 72.9 Å². The third kappa shape index (κ3) is 49.9. The predicted octanol–water partition coefficient (Wildman–Crippen LogP) is 17.8. The Bertz CT molecular complexity index is 1210. The van der Waals surface area contributed by atoms with Gasteiger partial charge in [-0.2, -0.15) is 0 Å². The van der Waals surface area contributed by atoms with Gasteiger partial charge in [-0.15, -0.1) is 0 Å².